The summed E-state index contributed by atoms with van der Waals surface area (Å²) >= 11 is 1.91. The molecule has 0 fully saturated rings. The minimum absolute atomic E-state index is 0.914. The first kappa shape index (κ1) is 38.0. The number of benzene rings is 7. The average molecular weight is 723 g/mol. The van der Waals surface area contributed by atoms with Gasteiger partial charge in [0.25, 0.3) is 0 Å². The van der Waals surface area contributed by atoms with Gasteiger partial charge in [0.1, 0.15) is 11.2 Å². The highest BCUT2D eigenvalue weighted by Gasteiger charge is 2.16. The van der Waals surface area contributed by atoms with E-state index in [1.807, 2.05) is 69.4 Å². The zero-order valence-corrected chi connectivity index (χ0v) is 33.5. The van der Waals surface area contributed by atoms with Gasteiger partial charge in [0.05, 0.1) is 0 Å². The minimum atomic E-state index is 0.914. The maximum atomic E-state index is 6.11. The van der Waals surface area contributed by atoms with Crippen molar-refractivity contribution in [3.63, 3.8) is 0 Å². The van der Waals surface area contributed by atoms with E-state index < -0.39 is 0 Å². The molecule has 270 valence electrons. The van der Waals surface area contributed by atoms with E-state index in [-0.39, 0.29) is 0 Å². The highest BCUT2D eigenvalue weighted by molar-refractivity contribution is 7.26. The van der Waals surface area contributed by atoms with Crippen molar-refractivity contribution in [3.8, 4) is 11.1 Å². The summed E-state index contributed by atoms with van der Waals surface area (Å²) in [4.78, 5) is 0. The van der Waals surface area contributed by atoms with Crippen molar-refractivity contribution in [1.82, 2.24) is 0 Å². The lowest BCUT2D eigenvalue weighted by Crippen LogP contribution is -1.93. The first-order valence-electron chi connectivity index (χ1n) is 19.1. The lowest BCUT2D eigenvalue weighted by atomic mass is 9.90. The predicted molar refractivity (Wildman–Crippen MR) is 241 cm³/mol. The molecule has 7 aromatic carbocycles. The number of fused-ring (bicyclic) bond motifs is 8. The van der Waals surface area contributed by atoms with Crippen molar-refractivity contribution in [3.05, 3.63) is 186 Å². The molecule has 0 aliphatic rings. The van der Waals surface area contributed by atoms with Gasteiger partial charge < -0.3 is 4.42 Å². The van der Waals surface area contributed by atoms with Gasteiger partial charge in [-0.05, 0) is 83.7 Å². The molecule has 0 N–H and O–H groups in total. The molecule has 2 aromatic heterocycles. The molecule has 9 aromatic rings. The molecule has 0 spiro atoms. The molecule has 0 aliphatic heterocycles. The molecule has 0 atom stereocenters. The summed E-state index contributed by atoms with van der Waals surface area (Å²) in [6, 6.07) is 49.3. The van der Waals surface area contributed by atoms with Crippen LogP contribution in [0.25, 0.3) is 69.6 Å². The van der Waals surface area contributed by atoms with Crippen molar-refractivity contribution in [2.45, 2.75) is 54.9 Å². The Morgan fingerprint density at radius 3 is 1.98 bits per heavy atom. The molecule has 0 saturated heterocycles. The van der Waals surface area contributed by atoms with E-state index in [0.29, 0.717) is 0 Å². The summed E-state index contributed by atoms with van der Waals surface area (Å²) in [5.41, 5.74) is 12.8. The fraction of sp³-hybridized carbons (Fsp3) is 0.154. The standard InChI is InChI=1S/C27H22S.C21H16O.2C2H6/c1-17(2)16-20-8-4-5-9-22(20)21-14-12-19-13-15-24-23-10-6-7-11-25(23)28-27(24)26(19)18(21)3;1-14-8-3-4-9-16(14)15(2)17-11-7-12-19-18-10-5-6-13-20(18)22-21(17)19;2*1-2/h4-15H,1,16H2,2-3H3;3-13H,2H2,1H3;2*1-2H3. The number of allylic oxidation sites excluding steroid dienone is 1. The Morgan fingerprint density at radius 2 is 1.20 bits per heavy atom. The van der Waals surface area contributed by atoms with Crippen LogP contribution in [-0.4, -0.2) is 0 Å². The number of para-hydroxylation sites is 2. The van der Waals surface area contributed by atoms with Crippen LogP contribution in [0.2, 0.25) is 0 Å². The number of thiophene rings is 1. The molecule has 0 aliphatic carbocycles. The Kier molecular flexibility index (Phi) is 12.0. The molecule has 0 unspecified atom stereocenters. The largest absolute Gasteiger partial charge is 0.455 e. The van der Waals surface area contributed by atoms with Crippen LogP contribution in [0.15, 0.2) is 163 Å². The zero-order chi connectivity index (χ0) is 38.4. The molecule has 54 heavy (non-hydrogen) atoms. The van der Waals surface area contributed by atoms with Crippen LogP contribution >= 0.6 is 11.3 Å². The van der Waals surface area contributed by atoms with E-state index in [1.54, 1.807) is 0 Å². The Bertz CT molecular complexity index is 2750. The molecular formula is C52H50OS. The molecule has 0 saturated carbocycles. The maximum Gasteiger partial charge on any atom is 0.143 e. The Hall–Kier alpha value is -5.70. The van der Waals surface area contributed by atoms with Crippen molar-refractivity contribution in [1.29, 1.82) is 0 Å². The van der Waals surface area contributed by atoms with Crippen molar-refractivity contribution in [2.24, 2.45) is 0 Å². The van der Waals surface area contributed by atoms with E-state index in [1.165, 1.54) is 64.3 Å². The highest BCUT2D eigenvalue weighted by atomic mass is 32.1. The van der Waals surface area contributed by atoms with Gasteiger partial charge in [-0.1, -0.05) is 174 Å². The van der Waals surface area contributed by atoms with Crippen LogP contribution in [-0.2, 0) is 6.42 Å². The summed E-state index contributed by atoms with van der Waals surface area (Å²) in [5.74, 6) is 0. The second-order valence-electron chi connectivity index (χ2n) is 13.2. The van der Waals surface area contributed by atoms with Crippen molar-refractivity contribution < 1.29 is 4.42 Å². The molecule has 2 heteroatoms. The van der Waals surface area contributed by atoms with E-state index in [2.05, 4.69) is 143 Å². The van der Waals surface area contributed by atoms with Crippen LogP contribution in [0.5, 0.6) is 0 Å². The quantitative estimate of drug-likeness (QED) is 0.161. The van der Waals surface area contributed by atoms with Crippen molar-refractivity contribution >= 4 is 69.8 Å². The second-order valence-corrected chi connectivity index (χ2v) is 14.3. The highest BCUT2D eigenvalue weighted by Crippen LogP contribution is 2.42. The Morgan fingerprint density at radius 1 is 0.574 bits per heavy atom. The van der Waals surface area contributed by atoms with Crippen LogP contribution in [0.3, 0.4) is 0 Å². The van der Waals surface area contributed by atoms with E-state index in [4.69, 9.17) is 4.42 Å². The second kappa shape index (κ2) is 17.0. The molecule has 1 nitrogen and oxygen atoms in total. The topological polar surface area (TPSA) is 13.1 Å². The summed E-state index contributed by atoms with van der Waals surface area (Å²) < 4.78 is 8.86. The summed E-state index contributed by atoms with van der Waals surface area (Å²) in [7, 11) is 0. The van der Waals surface area contributed by atoms with Crippen LogP contribution < -0.4 is 0 Å². The van der Waals surface area contributed by atoms with Gasteiger partial charge in [-0.15, -0.1) is 11.3 Å². The van der Waals surface area contributed by atoms with Gasteiger partial charge in [0.2, 0.25) is 0 Å². The number of rotatable bonds is 5. The van der Waals surface area contributed by atoms with Gasteiger partial charge in [-0.2, -0.15) is 0 Å². The zero-order valence-electron chi connectivity index (χ0n) is 32.7. The van der Waals surface area contributed by atoms with Crippen molar-refractivity contribution in [2.75, 3.05) is 0 Å². The van der Waals surface area contributed by atoms with E-state index in [0.717, 1.165) is 45.1 Å². The third kappa shape index (κ3) is 7.27. The fourth-order valence-corrected chi connectivity index (χ4v) is 8.67. The molecular weight excluding hydrogens is 673 g/mol. The first-order valence-corrected chi connectivity index (χ1v) is 19.9. The number of hydrogen-bond acceptors (Lipinski definition) is 2. The van der Waals surface area contributed by atoms with Gasteiger partial charge in [-0.3, -0.25) is 0 Å². The summed E-state index contributed by atoms with van der Waals surface area (Å²) in [5, 5.41) is 7.72. The Labute approximate surface area is 324 Å². The van der Waals surface area contributed by atoms with Gasteiger partial charge in [-0.25, -0.2) is 0 Å². The predicted octanol–water partition coefficient (Wildman–Crippen LogP) is 16.3. The maximum absolute atomic E-state index is 6.11. The lowest BCUT2D eigenvalue weighted by Gasteiger charge is -2.15. The lowest BCUT2D eigenvalue weighted by molar-refractivity contribution is 0.668. The molecule has 9 rings (SSSR count). The number of aryl methyl sites for hydroxylation is 2. The fourth-order valence-electron chi connectivity index (χ4n) is 7.36. The normalized spacial score (nSPS) is 10.7. The third-order valence-corrected chi connectivity index (χ3v) is 11.0. The van der Waals surface area contributed by atoms with Gasteiger partial charge in [0, 0.05) is 41.9 Å². The molecule has 0 bridgehead atoms. The molecule has 2 heterocycles. The molecule has 0 amide bonds. The van der Waals surface area contributed by atoms with Crippen LogP contribution in [0, 0.1) is 13.8 Å². The summed E-state index contributed by atoms with van der Waals surface area (Å²) in [6.07, 6.45) is 0.917. The third-order valence-electron chi connectivity index (χ3n) is 9.79. The first-order chi connectivity index (χ1) is 26.4. The number of furan rings is 1. The smallest absolute Gasteiger partial charge is 0.143 e. The van der Waals surface area contributed by atoms with Crippen LogP contribution in [0.4, 0.5) is 0 Å². The Balaban J connectivity index is 0.000000173. The van der Waals surface area contributed by atoms with E-state index in [9.17, 15) is 0 Å². The SMILES string of the molecule is C=C(C)Cc1ccccc1-c1ccc2ccc3c4ccccc4sc3c2c1C.C=C(c1ccccc1C)c1cccc2c1oc1ccccc12.CC.CC. The van der Waals surface area contributed by atoms with Gasteiger partial charge in [0.15, 0.2) is 0 Å². The van der Waals surface area contributed by atoms with Crippen LogP contribution in [0.1, 0.15) is 62.4 Å². The molecule has 0 radical (unpaired) electrons. The minimum Gasteiger partial charge on any atom is -0.455 e. The summed E-state index contributed by atoms with van der Waals surface area (Å²) in [6.45, 7) is 22.9. The monoisotopic (exact) mass is 722 g/mol. The van der Waals surface area contributed by atoms with E-state index >= 15 is 0 Å². The van der Waals surface area contributed by atoms with Gasteiger partial charge >= 0.3 is 0 Å². The average Bonchev–Trinajstić information content (AvgIpc) is 3.79. The number of hydrogen-bond donors (Lipinski definition) is 0.